The largest absolute Gasteiger partial charge is 0.493 e. The first kappa shape index (κ1) is 23.7. The molecule has 1 aliphatic rings. The monoisotopic (exact) mass is 437 g/mol. The van der Waals surface area contributed by atoms with E-state index in [0.717, 1.165) is 42.9 Å². The quantitative estimate of drug-likeness (QED) is 0.547. The Balaban J connectivity index is 1.62. The summed E-state index contributed by atoms with van der Waals surface area (Å²) < 4.78 is 11.2. The summed E-state index contributed by atoms with van der Waals surface area (Å²) in [7, 11) is 3.77. The molecule has 0 bridgehead atoms. The molecule has 6 nitrogen and oxygen atoms in total. The van der Waals surface area contributed by atoms with Crippen LogP contribution in [0.5, 0.6) is 11.5 Å². The first-order valence-corrected chi connectivity index (χ1v) is 11.3. The number of benzene rings is 2. The molecule has 1 fully saturated rings. The topological polar surface area (TPSA) is 62.8 Å². The van der Waals surface area contributed by atoms with Crippen LogP contribution in [-0.2, 0) is 4.79 Å². The number of hydrogen-bond acceptors (Lipinski definition) is 5. The lowest BCUT2D eigenvalue weighted by molar-refractivity contribution is -0.111. The second-order valence-corrected chi connectivity index (χ2v) is 8.71. The highest BCUT2D eigenvalue weighted by molar-refractivity contribution is 6.03. The van der Waals surface area contributed by atoms with Crippen molar-refractivity contribution in [1.82, 2.24) is 4.90 Å². The minimum atomic E-state index is -0.179. The number of anilines is 2. The summed E-state index contributed by atoms with van der Waals surface area (Å²) in [6, 6.07) is 13.9. The molecule has 1 aliphatic heterocycles. The van der Waals surface area contributed by atoms with Gasteiger partial charge in [-0.05, 0) is 74.8 Å². The van der Waals surface area contributed by atoms with Gasteiger partial charge in [0.05, 0.1) is 25.1 Å². The zero-order chi connectivity index (χ0) is 22.9. The fraction of sp³-hybridized carbons (Fsp3) is 0.423. The first-order valence-electron chi connectivity index (χ1n) is 11.3. The number of methoxy groups -OCH3 is 1. The highest BCUT2D eigenvalue weighted by Gasteiger charge is 2.17. The Bertz CT molecular complexity index is 918. The summed E-state index contributed by atoms with van der Waals surface area (Å²) in [6.45, 7) is 6.99. The number of nitrogens with one attached hydrogen (secondary N) is 2. The third-order valence-electron chi connectivity index (χ3n) is 5.45. The molecule has 0 radical (unpaired) electrons. The zero-order valence-electron chi connectivity index (χ0n) is 19.6. The summed E-state index contributed by atoms with van der Waals surface area (Å²) in [5.74, 6) is 1.61. The van der Waals surface area contributed by atoms with E-state index in [1.54, 1.807) is 13.2 Å². The Labute approximate surface area is 191 Å². The van der Waals surface area contributed by atoms with Crippen molar-refractivity contribution in [3.63, 3.8) is 0 Å². The number of ether oxygens (including phenoxy) is 2. The number of rotatable bonds is 9. The number of para-hydroxylation sites is 2. The smallest absolute Gasteiger partial charge is 0.248 e. The van der Waals surface area contributed by atoms with Crippen molar-refractivity contribution < 1.29 is 14.3 Å². The molecule has 2 aromatic rings. The zero-order valence-corrected chi connectivity index (χ0v) is 19.6. The maximum atomic E-state index is 12.6. The number of piperidine rings is 1. The van der Waals surface area contributed by atoms with Gasteiger partial charge in [0.15, 0.2) is 11.5 Å². The first-order chi connectivity index (χ1) is 15.4. The van der Waals surface area contributed by atoms with Crippen molar-refractivity contribution in [3.8, 4) is 11.5 Å². The van der Waals surface area contributed by atoms with Gasteiger partial charge in [-0.3, -0.25) is 4.79 Å². The standard InChI is InChI=1S/C26H35N3O3/c1-19(2)18-32-24-11-9-20(17-25(24)31-4)10-12-26(30)28-23-8-6-5-7-22(23)27-21-13-15-29(3)16-14-21/h5-12,17,19,21,27H,13-16,18H2,1-4H3,(H,28,30)/b12-10+. The second kappa shape index (κ2) is 11.6. The third-order valence-corrected chi connectivity index (χ3v) is 5.45. The Kier molecular flexibility index (Phi) is 8.56. The van der Waals surface area contributed by atoms with Crippen molar-refractivity contribution >= 4 is 23.4 Å². The van der Waals surface area contributed by atoms with Gasteiger partial charge in [-0.1, -0.05) is 32.0 Å². The fourth-order valence-electron chi connectivity index (χ4n) is 3.60. The molecule has 6 heteroatoms. The molecular formula is C26H35N3O3. The van der Waals surface area contributed by atoms with Crippen molar-refractivity contribution in [2.45, 2.75) is 32.7 Å². The van der Waals surface area contributed by atoms with Crippen LogP contribution in [0.4, 0.5) is 11.4 Å². The van der Waals surface area contributed by atoms with Gasteiger partial charge < -0.3 is 25.0 Å². The Morgan fingerprint density at radius 2 is 1.84 bits per heavy atom. The number of amides is 1. The van der Waals surface area contributed by atoms with Crippen molar-refractivity contribution in [3.05, 3.63) is 54.1 Å². The summed E-state index contributed by atoms with van der Waals surface area (Å²) in [6.07, 6.45) is 5.50. The lowest BCUT2D eigenvalue weighted by atomic mass is 10.0. The summed E-state index contributed by atoms with van der Waals surface area (Å²) in [5.41, 5.74) is 2.61. The minimum absolute atomic E-state index is 0.179. The molecule has 0 aromatic heterocycles. The van der Waals surface area contributed by atoms with Crippen molar-refractivity contribution in [2.24, 2.45) is 5.92 Å². The molecule has 3 rings (SSSR count). The lowest BCUT2D eigenvalue weighted by Crippen LogP contribution is -2.36. The molecule has 1 amide bonds. The summed E-state index contributed by atoms with van der Waals surface area (Å²) in [5, 5.41) is 6.59. The molecule has 172 valence electrons. The molecule has 32 heavy (non-hydrogen) atoms. The summed E-state index contributed by atoms with van der Waals surface area (Å²) in [4.78, 5) is 14.9. The maximum absolute atomic E-state index is 12.6. The van der Waals surface area contributed by atoms with Gasteiger partial charge in [-0.2, -0.15) is 0 Å². The molecule has 0 spiro atoms. The minimum Gasteiger partial charge on any atom is -0.493 e. The SMILES string of the molecule is COc1cc(/C=C/C(=O)Nc2ccccc2NC2CCN(C)CC2)ccc1OCC(C)C. The predicted octanol–water partition coefficient (Wildman–Crippen LogP) is 4.89. The van der Waals surface area contributed by atoms with Crippen LogP contribution in [0.15, 0.2) is 48.5 Å². The highest BCUT2D eigenvalue weighted by atomic mass is 16.5. The Morgan fingerprint density at radius 1 is 1.12 bits per heavy atom. The van der Waals surface area contributed by atoms with Crippen LogP contribution in [0.25, 0.3) is 6.08 Å². The average molecular weight is 438 g/mol. The van der Waals surface area contributed by atoms with Gasteiger partial charge in [0.2, 0.25) is 5.91 Å². The Hall–Kier alpha value is -2.99. The number of nitrogens with zero attached hydrogens (tertiary/aromatic N) is 1. The molecule has 1 heterocycles. The van der Waals surface area contributed by atoms with E-state index in [-0.39, 0.29) is 5.91 Å². The van der Waals surface area contributed by atoms with E-state index in [1.165, 1.54) is 6.08 Å². The van der Waals surface area contributed by atoms with Crippen LogP contribution in [0, 0.1) is 5.92 Å². The van der Waals surface area contributed by atoms with Gasteiger partial charge in [0.25, 0.3) is 0 Å². The molecular weight excluding hydrogens is 402 g/mol. The molecule has 0 aliphatic carbocycles. The van der Waals surface area contributed by atoms with Gasteiger partial charge in [-0.25, -0.2) is 0 Å². The van der Waals surface area contributed by atoms with E-state index >= 15 is 0 Å². The van der Waals surface area contributed by atoms with Crippen molar-refractivity contribution in [1.29, 1.82) is 0 Å². The molecule has 2 aromatic carbocycles. The van der Waals surface area contributed by atoms with Crippen molar-refractivity contribution in [2.75, 3.05) is 44.5 Å². The van der Waals surface area contributed by atoms with E-state index in [1.807, 2.05) is 42.5 Å². The van der Waals surface area contributed by atoms with E-state index in [4.69, 9.17) is 9.47 Å². The van der Waals surface area contributed by atoms with E-state index in [0.29, 0.717) is 30.1 Å². The number of hydrogen-bond donors (Lipinski definition) is 2. The van der Waals surface area contributed by atoms with Crippen LogP contribution in [0.1, 0.15) is 32.3 Å². The molecule has 2 N–H and O–H groups in total. The predicted molar refractivity (Wildman–Crippen MR) is 132 cm³/mol. The van der Waals surface area contributed by atoms with Gasteiger partial charge in [0.1, 0.15) is 0 Å². The number of carbonyl (C=O) groups excluding carboxylic acids is 1. The Morgan fingerprint density at radius 3 is 2.53 bits per heavy atom. The number of likely N-dealkylation sites (tertiary alicyclic amines) is 1. The van der Waals surface area contributed by atoms with Gasteiger partial charge in [-0.15, -0.1) is 0 Å². The van der Waals surface area contributed by atoms with E-state index in [2.05, 4.69) is 36.4 Å². The summed E-state index contributed by atoms with van der Waals surface area (Å²) >= 11 is 0. The van der Waals surface area contributed by atoms with Gasteiger partial charge >= 0.3 is 0 Å². The average Bonchev–Trinajstić information content (AvgIpc) is 2.79. The molecule has 0 atom stereocenters. The molecule has 1 saturated heterocycles. The molecule has 0 saturated carbocycles. The maximum Gasteiger partial charge on any atom is 0.248 e. The fourth-order valence-corrected chi connectivity index (χ4v) is 3.60. The number of carbonyl (C=O) groups is 1. The van der Waals surface area contributed by atoms with E-state index in [9.17, 15) is 4.79 Å². The van der Waals surface area contributed by atoms with Gasteiger partial charge in [0, 0.05) is 12.1 Å². The second-order valence-electron chi connectivity index (χ2n) is 8.71. The van der Waals surface area contributed by atoms with Crippen LogP contribution in [0.3, 0.4) is 0 Å². The van der Waals surface area contributed by atoms with E-state index < -0.39 is 0 Å². The van der Waals surface area contributed by atoms with Crippen LogP contribution >= 0.6 is 0 Å². The third kappa shape index (κ3) is 7.02. The van der Waals surface area contributed by atoms with Crippen LogP contribution in [-0.4, -0.2) is 50.7 Å². The molecule has 0 unspecified atom stereocenters. The van der Waals surface area contributed by atoms with Crippen LogP contribution < -0.4 is 20.1 Å². The lowest BCUT2D eigenvalue weighted by Gasteiger charge is -2.30. The highest BCUT2D eigenvalue weighted by Crippen LogP contribution is 2.29. The van der Waals surface area contributed by atoms with Crippen LogP contribution in [0.2, 0.25) is 0 Å². The normalized spacial score (nSPS) is 15.2.